The van der Waals surface area contributed by atoms with Crippen LogP contribution in [0, 0.1) is 0 Å². The van der Waals surface area contributed by atoms with Gasteiger partial charge in [0.25, 0.3) is 0 Å². The molecule has 0 N–H and O–H groups in total. The van der Waals surface area contributed by atoms with Gasteiger partial charge < -0.3 is 4.74 Å². The van der Waals surface area contributed by atoms with Crippen molar-refractivity contribution in [1.82, 2.24) is 14.6 Å². The second kappa shape index (κ2) is 3.32. The molecular weight excluding hydrogens is 190 g/mol. The maximum absolute atomic E-state index is 5.79. The monoisotopic (exact) mass is 197 g/mol. The third-order valence-electron chi connectivity index (χ3n) is 1.62. The molecule has 0 aliphatic heterocycles. The van der Waals surface area contributed by atoms with E-state index in [4.69, 9.17) is 16.3 Å². The second-order valence-electron chi connectivity index (χ2n) is 2.61. The van der Waals surface area contributed by atoms with E-state index in [1.54, 1.807) is 30.0 Å². The number of hydrogen-bond donors (Lipinski definition) is 0. The normalized spacial score (nSPS) is 10.9. The van der Waals surface area contributed by atoms with Crippen molar-refractivity contribution in [2.45, 2.75) is 6.61 Å². The first-order valence-electron chi connectivity index (χ1n) is 3.79. The van der Waals surface area contributed by atoms with Gasteiger partial charge in [0.05, 0.1) is 0 Å². The fourth-order valence-corrected chi connectivity index (χ4v) is 1.25. The van der Waals surface area contributed by atoms with E-state index in [0.717, 1.165) is 5.65 Å². The smallest absolute Gasteiger partial charge is 0.177 e. The molecule has 0 bridgehead atoms. The molecule has 0 atom stereocenters. The van der Waals surface area contributed by atoms with Crippen molar-refractivity contribution in [3.63, 3.8) is 0 Å². The zero-order valence-electron chi connectivity index (χ0n) is 7.07. The lowest BCUT2D eigenvalue weighted by Gasteiger charge is -1.89. The summed E-state index contributed by atoms with van der Waals surface area (Å²) in [5.41, 5.74) is 0.736. The third-order valence-corrected chi connectivity index (χ3v) is 1.85. The third kappa shape index (κ3) is 1.64. The summed E-state index contributed by atoms with van der Waals surface area (Å²) in [6.45, 7) is 0.416. The highest BCUT2D eigenvalue weighted by atomic mass is 35.5. The molecule has 0 aliphatic carbocycles. The molecule has 0 fully saturated rings. The zero-order valence-corrected chi connectivity index (χ0v) is 7.82. The van der Waals surface area contributed by atoms with Crippen LogP contribution in [-0.4, -0.2) is 21.7 Å². The van der Waals surface area contributed by atoms with E-state index in [9.17, 15) is 0 Å². The van der Waals surface area contributed by atoms with Crippen molar-refractivity contribution in [3.8, 4) is 0 Å². The molecule has 13 heavy (non-hydrogen) atoms. The van der Waals surface area contributed by atoms with Gasteiger partial charge in [-0.2, -0.15) is 0 Å². The van der Waals surface area contributed by atoms with Crippen LogP contribution in [0.4, 0.5) is 0 Å². The standard InChI is InChI=1S/C8H8ClN3O/c1-13-5-7-10-8-4-6(9)2-3-12(8)11-7/h2-4H,5H2,1H3. The Kier molecular flexibility index (Phi) is 2.16. The maximum Gasteiger partial charge on any atom is 0.177 e. The Morgan fingerprint density at radius 1 is 1.62 bits per heavy atom. The topological polar surface area (TPSA) is 39.4 Å². The van der Waals surface area contributed by atoms with Crippen molar-refractivity contribution in [3.05, 3.63) is 29.2 Å². The van der Waals surface area contributed by atoms with E-state index in [2.05, 4.69) is 10.1 Å². The van der Waals surface area contributed by atoms with Crippen LogP contribution >= 0.6 is 11.6 Å². The minimum Gasteiger partial charge on any atom is -0.377 e. The summed E-state index contributed by atoms with van der Waals surface area (Å²) < 4.78 is 6.58. The first-order valence-corrected chi connectivity index (χ1v) is 4.17. The van der Waals surface area contributed by atoms with E-state index in [0.29, 0.717) is 17.5 Å². The Bertz CT molecular complexity index is 426. The van der Waals surface area contributed by atoms with Gasteiger partial charge in [0.1, 0.15) is 6.61 Å². The number of hydrogen-bond acceptors (Lipinski definition) is 3. The van der Waals surface area contributed by atoms with Gasteiger partial charge in [-0.3, -0.25) is 0 Å². The molecule has 0 amide bonds. The number of nitrogens with zero attached hydrogens (tertiary/aromatic N) is 3. The molecule has 2 aromatic rings. The van der Waals surface area contributed by atoms with Crippen LogP contribution in [0.5, 0.6) is 0 Å². The molecule has 68 valence electrons. The minimum atomic E-state index is 0.416. The molecule has 4 nitrogen and oxygen atoms in total. The van der Waals surface area contributed by atoms with Crippen LogP contribution in [0.25, 0.3) is 5.65 Å². The van der Waals surface area contributed by atoms with Gasteiger partial charge in [-0.05, 0) is 6.07 Å². The van der Waals surface area contributed by atoms with Crippen molar-refractivity contribution < 1.29 is 4.74 Å². The van der Waals surface area contributed by atoms with Gasteiger partial charge in [-0.25, -0.2) is 9.50 Å². The van der Waals surface area contributed by atoms with Crippen molar-refractivity contribution in [2.24, 2.45) is 0 Å². The minimum absolute atomic E-state index is 0.416. The summed E-state index contributed by atoms with van der Waals surface area (Å²) in [5.74, 6) is 0.657. The van der Waals surface area contributed by atoms with Gasteiger partial charge in [0.15, 0.2) is 11.5 Å². The first kappa shape index (κ1) is 8.47. The number of aromatic nitrogens is 3. The summed E-state index contributed by atoms with van der Waals surface area (Å²) >= 11 is 5.79. The average molecular weight is 198 g/mol. The Labute approximate surface area is 80.1 Å². The Hall–Kier alpha value is -1.13. The summed E-state index contributed by atoms with van der Waals surface area (Å²) in [6, 6.07) is 3.52. The van der Waals surface area contributed by atoms with E-state index < -0.39 is 0 Å². The molecule has 2 rings (SSSR count). The van der Waals surface area contributed by atoms with Crippen molar-refractivity contribution >= 4 is 17.2 Å². The summed E-state index contributed by atoms with van der Waals surface area (Å²) in [4.78, 5) is 4.21. The van der Waals surface area contributed by atoms with E-state index >= 15 is 0 Å². The molecule has 0 aromatic carbocycles. The SMILES string of the molecule is COCc1nc2cc(Cl)ccn2n1. The molecule has 2 aromatic heterocycles. The molecule has 0 spiro atoms. The predicted molar refractivity (Wildman–Crippen MR) is 48.7 cm³/mol. The number of methoxy groups -OCH3 is 1. The Morgan fingerprint density at radius 2 is 2.46 bits per heavy atom. The number of pyridine rings is 1. The van der Waals surface area contributed by atoms with Gasteiger partial charge >= 0.3 is 0 Å². The van der Waals surface area contributed by atoms with Crippen LogP contribution in [0.1, 0.15) is 5.82 Å². The molecule has 5 heteroatoms. The molecule has 2 heterocycles. The summed E-state index contributed by atoms with van der Waals surface area (Å²) in [5, 5.41) is 4.82. The molecular formula is C8H8ClN3O. The lowest BCUT2D eigenvalue weighted by molar-refractivity contribution is 0.178. The lowest BCUT2D eigenvalue weighted by atomic mass is 10.5. The number of halogens is 1. The van der Waals surface area contributed by atoms with Gasteiger partial charge in [-0.1, -0.05) is 11.6 Å². The number of rotatable bonds is 2. The molecule has 0 saturated carbocycles. The first-order chi connectivity index (χ1) is 6.29. The van der Waals surface area contributed by atoms with Crippen molar-refractivity contribution in [2.75, 3.05) is 7.11 Å². The van der Waals surface area contributed by atoms with Crippen LogP contribution in [0.15, 0.2) is 18.3 Å². The lowest BCUT2D eigenvalue weighted by Crippen LogP contribution is -1.90. The molecule has 0 aliphatic rings. The quantitative estimate of drug-likeness (QED) is 0.733. The van der Waals surface area contributed by atoms with Gasteiger partial charge in [0.2, 0.25) is 0 Å². The Balaban J connectivity index is 2.49. The molecule has 0 saturated heterocycles. The average Bonchev–Trinajstić information content (AvgIpc) is 2.46. The maximum atomic E-state index is 5.79. The summed E-state index contributed by atoms with van der Waals surface area (Å²) in [6.07, 6.45) is 1.77. The highest BCUT2D eigenvalue weighted by Gasteiger charge is 2.02. The van der Waals surface area contributed by atoms with Gasteiger partial charge in [0, 0.05) is 24.4 Å². The number of fused-ring (bicyclic) bond motifs is 1. The fraction of sp³-hybridized carbons (Fsp3) is 0.250. The van der Waals surface area contributed by atoms with Gasteiger partial charge in [-0.15, -0.1) is 5.10 Å². The zero-order chi connectivity index (χ0) is 9.26. The summed E-state index contributed by atoms with van der Waals surface area (Å²) in [7, 11) is 1.61. The fourth-order valence-electron chi connectivity index (χ4n) is 1.09. The largest absolute Gasteiger partial charge is 0.377 e. The van der Waals surface area contributed by atoms with E-state index in [1.807, 2.05) is 0 Å². The predicted octanol–water partition coefficient (Wildman–Crippen LogP) is 1.53. The van der Waals surface area contributed by atoms with E-state index in [1.165, 1.54) is 0 Å². The molecule has 0 unspecified atom stereocenters. The molecule has 0 radical (unpaired) electrons. The van der Waals surface area contributed by atoms with E-state index in [-0.39, 0.29) is 0 Å². The highest BCUT2D eigenvalue weighted by Crippen LogP contribution is 2.10. The van der Waals surface area contributed by atoms with Crippen molar-refractivity contribution in [1.29, 1.82) is 0 Å². The van der Waals surface area contributed by atoms with Crippen LogP contribution < -0.4 is 0 Å². The highest BCUT2D eigenvalue weighted by molar-refractivity contribution is 6.30. The number of ether oxygens (including phenoxy) is 1. The Morgan fingerprint density at radius 3 is 3.23 bits per heavy atom. The van der Waals surface area contributed by atoms with Crippen LogP contribution in [-0.2, 0) is 11.3 Å². The van der Waals surface area contributed by atoms with Crippen LogP contribution in [0.3, 0.4) is 0 Å². The van der Waals surface area contributed by atoms with Crippen LogP contribution in [0.2, 0.25) is 5.02 Å². The second-order valence-corrected chi connectivity index (χ2v) is 3.05.